The highest BCUT2D eigenvalue weighted by atomic mass is 14.9. The van der Waals surface area contributed by atoms with Crippen LogP contribution in [-0.2, 0) is 0 Å². The molecule has 1 rings (SSSR count). The van der Waals surface area contributed by atoms with Crippen LogP contribution in [0.15, 0.2) is 24.3 Å². The molecule has 88 valence electrons. The van der Waals surface area contributed by atoms with Gasteiger partial charge in [0, 0.05) is 6.04 Å². The molecule has 0 heterocycles. The van der Waals surface area contributed by atoms with Gasteiger partial charge in [0.1, 0.15) is 0 Å². The molecule has 15 heavy (non-hydrogen) atoms. The highest BCUT2D eigenvalue weighted by Crippen LogP contribution is 2.13. The molecule has 1 heteroatoms. The maximum atomic E-state index is 3.59. The van der Waals surface area contributed by atoms with E-state index in [1.165, 1.54) is 19.3 Å². The second-order valence-electron chi connectivity index (χ2n) is 3.86. The monoisotopic (exact) mass is 209 g/mol. The van der Waals surface area contributed by atoms with Crippen LogP contribution in [0.2, 0.25) is 0 Å². The fourth-order valence-electron chi connectivity index (χ4n) is 1.61. The summed E-state index contributed by atoms with van der Waals surface area (Å²) >= 11 is 0. The maximum Gasteiger partial charge on any atom is 0.0281 e. The first kappa shape index (κ1) is 14.4. The maximum absolute atomic E-state index is 3.59. The van der Waals surface area contributed by atoms with Crippen molar-refractivity contribution in [3.05, 3.63) is 24.3 Å². The fourth-order valence-corrected chi connectivity index (χ4v) is 1.61. The lowest BCUT2D eigenvalue weighted by molar-refractivity contribution is 0.435. The molecule has 1 nitrogen and oxygen atoms in total. The van der Waals surface area contributed by atoms with Gasteiger partial charge in [0.15, 0.2) is 0 Å². The number of rotatable bonds is 4. The topological polar surface area (TPSA) is 12.0 Å². The van der Waals surface area contributed by atoms with Gasteiger partial charge in [-0.3, -0.25) is 0 Å². The van der Waals surface area contributed by atoms with E-state index in [9.17, 15) is 0 Å². The van der Waals surface area contributed by atoms with E-state index in [1.807, 2.05) is 13.8 Å². The largest absolute Gasteiger partial charge is 0.310 e. The molecule has 0 amide bonds. The molecule has 0 fully saturated rings. The highest BCUT2D eigenvalue weighted by Gasteiger charge is 2.12. The van der Waals surface area contributed by atoms with Gasteiger partial charge in [-0.15, -0.1) is 0 Å². The van der Waals surface area contributed by atoms with E-state index < -0.39 is 0 Å². The first-order chi connectivity index (χ1) is 7.34. The Hall–Kier alpha value is -0.560. The number of hydrogen-bond acceptors (Lipinski definition) is 1. The average molecular weight is 209 g/mol. The molecular formula is C14H27N. The third-order valence-electron chi connectivity index (χ3n) is 2.60. The standard InChI is InChI=1S/C12H21N.C2H6/c1-3-4-10-13-12-9-7-5-6-8-11(12)2;1-2/h5-7,9,11-13H,3-4,8,10H2,1-2H3;1-2H3. The summed E-state index contributed by atoms with van der Waals surface area (Å²) in [6, 6.07) is 0.571. The van der Waals surface area contributed by atoms with Gasteiger partial charge in [0.2, 0.25) is 0 Å². The number of nitrogens with one attached hydrogen (secondary N) is 1. The molecule has 0 aromatic carbocycles. The van der Waals surface area contributed by atoms with Crippen LogP contribution >= 0.6 is 0 Å². The quantitative estimate of drug-likeness (QED) is 0.692. The summed E-state index contributed by atoms with van der Waals surface area (Å²) < 4.78 is 0. The second kappa shape index (κ2) is 9.97. The van der Waals surface area contributed by atoms with Gasteiger partial charge in [-0.25, -0.2) is 0 Å². The summed E-state index contributed by atoms with van der Waals surface area (Å²) in [5.41, 5.74) is 0. The zero-order valence-electron chi connectivity index (χ0n) is 10.8. The van der Waals surface area contributed by atoms with Crippen molar-refractivity contribution in [1.82, 2.24) is 5.32 Å². The van der Waals surface area contributed by atoms with Gasteiger partial charge in [0.25, 0.3) is 0 Å². The first-order valence-electron chi connectivity index (χ1n) is 6.41. The molecule has 2 unspecified atom stereocenters. The van der Waals surface area contributed by atoms with E-state index in [4.69, 9.17) is 0 Å². The van der Waals surface area contributed by atoms with Crippen LogP contribution in [0.3, 0.4) is 0 Å². The molecule has 1 aliphatic carbocycles. The summed E-state index contributed by atoms with van der Waals surface area (Å²) in [5.74, 6) is 0.729. The third kappa shape index (κ3) is 6.51. The van der Waals surface area contributed by atoms with Crippen molar-refractivity contribution >= 4 is 0 Å². The Kier molecular flexibility index (Phi) is 9.60. The fraction of sp³-hybridized carbons (Fsp3) is 0.714. The minimum absolute atomic E-state index is 0.571. The Labute approximate surface area is 95.7 Å². The molecule has 0 saturated carbocycles. The first-order valence-corrected chi connectivity index (χ1v) is 6.41. The van der Waals surface area contributed by atoms with Gasteiger partial charge in [-0.1, -0.05) is 58.4 Å². The van der Waals surface area contributed by atoms with Crippen molar-refractivity contribution in [3.63, 3.8) is 0 Å². The van der Waals surface area contributed by atoms with Gasteiger partial charge in [0.05, 0.1) is 0 Å². The lowest BCUT2D eigenvalue weighted by atomic mass is 9.99. The Morgan fingerprint density at radius 3 is 2.67 bits per heavy atom. The van der Waals surface area contributed by atoms with E-state index in [-0.39, 0.29) is 0 Å². The van der Waals surface area contributed by atoms with E-state index in [1.54, 1.807) is 0 Å². The summed E-state index contributed by atoms with van der Waals surface area (Å²) in [4.78, 5) is 0. The molecule has 0 radical (unpaired) electrons. The predicted octanol–water partition coefficient (Wildman–Crippen LogP) is 3.92. The SMILES string of the molecule is CC.CCCCNC1C=CC=CCC1C. The third-order valence-corrected chi connectivity index (χ3v) is 2.60. The minimum Gasteiger partial charge on any atom is -0.310 e. The van der Waals surface area contributed by atoms with Crippen LogP contribution in [0.4, 0.5) is 0 Å². The summed E-state index contributed by atoms with van der Waals surface area (Å²) in [5, 5.41) is 3.59. The van der Waals surface area contributed by atoms with Crippen LogP contribution in [0.1, 0.15) is 47.0 Å². The van der Waals surface area contributed by atoms with Crippen LogP contribution in [-0.4, -0.2) is 12.6 Å². The zero-order valence-corrected chi connectivity index (χ0v) is 10.8. The molecular weight excluding hydrogens is 182 g/mol. The van der Waals surface area contributed by atoms with E-state index in [0.717, 1.165) is 12.5 Å². The van der Waals surface area contributed by atoms with Gasteiger partial charge >= 0.3 is 0 Å². The number of unbranched alkanes of at least 4 members (excludes halogenated alkanes) is 1. The van der Waals surface area contributed by atoms with Gasteiger partial charge in [-0.2, -0.15) is 0 Å². The molecule has 0 aromatic rings. The van der Waals surface area contributed by atoms with Gasteiger partial charge in [-0.05, 0) is 25.3 Å². The smallest absolute Gasteiger partial charge is 0.0281 e. The summed E-state index contributed by atoms with van der Waals surface area (Å²) in [7, 11) is 0. The lowest BCUT2D eigenvalue weighted by Crippen LogP contribution is -2.33. The summed E-state index contributed by atoms with van der Waals surface area (Å²) in [6.45, 7) is 9.69. The number of allylic oxidation sites excluding steroid dienone is 3. The van der Waals surface area contributed by atoms with Crippen molar-refractivity contribution in [2.75, 3.05) is 6.54 Å². The Morgan fingerprint density at radius 2 is 2.00 bits per heavy atom. The van der Waals surface area contributed by atoms with Crippen molar-refractivity contribution in [3.8, 4) is 0 Å². The van der Waals surface area contributed by atoms with Crippen molar-refractivity contribution < 1.29 is 0 Å². The lowest BCUT2D eigenvalue weighted by Gasteiger charge is -2.20. The Morgan fingerprint density at radius 1 is 1.27 bits per heavy atom. The Balaban J connectivity index is 0.000000921. The van der Waals surface area contributed by atoms with Crippen LogP contribution in [0, 0.1) is 5.92 Å². The summed E-state index contributed by atoms with van der Waals surface area (Å²) in [6.07, 6.45) is 12.6. The minimum atomic E-state index is 0.571. The molecule has 0 saturated heterocycles. The predicted molar refractivity (Wildman–Crippen MR) is 70.1 cm³/mol. The Bertz CT molecular complexity index is 182. The van der Waals surface area contributed by atoms with Crippen LogP contribution in [0.25, 0.3) is 0 Å². The normalized spacial score (nSPS) is 24.3. The van der Waals surface area contributed by atoms with Crippen molar-refractivity contribution in [2.45, 2.75) is 53.0 Å². The molecule has 1 aliphatic rings. The van der Waals surface area contributed by atoms with E-state index in [0.29, 0.717) is 6.04 Å². The molecule has 0 aromatic heterocycles. The van der Waals surface area contributed by atoms with Crippen molar-refractivity contribution in [1.29, 1.82) is 0 Å². The second-order valence-corrected chi connectivity index (χ2v) is 3.86. The average Bonchev–Trinajstić information content (AvgIpc) is 2.48. The van der Waals surface area contributed by atoms with Crippen LogP contribution in [0.5, 0.6) is 0 Å². The molecule has 0 spiro atoms. The number of hydrogen-bond donors (Lipinski definition) is 1. The molecule has 0 aliphatic heterocycles. The van der Waals surface area contributed by atoms with E-state index >= 15 is 0 Å². The highest BCUT2D eigenvalue weighted by molar-refractivity contribution is 5.11. The van der Waals surface area contributed by atoms with Crippen molar-refractivity contribution in [2.24, 2.45) is 5.92 Å². The molecule has 2 atom stereocenters. The van der Waals surface area contributed by atoms with Crippen LogP contribution < -0.4 is 5.32 Å². The molecule has 0 bridgehead atoms. The zero-order chi connectivity index (χ0) is 11.5. The van der Waals surface area contributed by atoms with E-state index in [2.05, 4.69) is 43.5 Å². The van der Waals surface area contributed by atoms with Gasteiger partial charge < -0.3 is 5.32 Å². The molecule has 1 N–H and O–H groups in total.